The van der Waals surface area contributed by atoms with Crippen molar-refractivity contribution in [2.24, 2.45) is 5.92 Å². The quantitative estimate of drug-likeness (QED) is 0.841. The lowest BCUT2D eigenvalue weighted by Crippen LogP contribution is -2.35. The molecule has 0 heterocycles. The Morgan fingerprint density at radius 2 is 1.62 bits per heavy atom. The molecule has 1 atom stereocenters. The molecule has 24 heavy (non-hydrogen) atoms. The summed E-state index contributed by atoms with van der Waals surface area (Å²) in [4.78, 5) is 12.2. The van der Waals surface area contributed by atoms with Crippen LogP contribution < -0.4 is 14.8 Å². The number of rotatable bonds is 7. The maximum atomic E-state index is 13.1. The first kappa shape index (κ1) is 17.8. The first-order chi connectivity index (χ1) is 11.5. The molecule has 0 radical (unpaired) electrons. The monoisotopic (exact) mass is 331 g/mol. The molecule has 128 valence electrons. The molecular weight excluding hydrogens is 309 g/mol. The van der Waals surface area contributed by atoms with Crippen LogP contribution in [0.4, 0.5) is 4.39 Å². The van der Waals surface area contributed by atoms with Crippen LogP contribution in [-0.4, -0.2) is 19.6 Å². The van der Waals surface area contributed by atoms with Gasteiger partial charge in [0.15, 0.2) is 6.61 Å². The first-order valence-corrected chi connectivity index (χ1v) is 7.81. The zero-order valence-electron chi connectivity index (χ0n) is 14.1. The summed E-state index contributed by atoms with van der Waals surface area (Å²) in [5.41, 5.74) is 0.865. The zero-order valence-corrected chi connectivity index (χ0v) is 14.1. The van der Waals surface area contributed by atoms with E-state index in [0.29, 0.717) is 5.75 Å². The molecule has 0 saturated heterocycles. The van der Waals surface area contributed by atoms with Gasteiger partial charge in [0.25, 0.3) is 5.91 Å². The van der Waals surface area contributed by atoms with E-state index in [1.807, 2.05) is 13.8 Å². The number of methoxy groups -OCH3 is 1. The van der Waals surface area contributed by atoms with E-state index in [2.05, 4.69) is 5.32 Å². The summed E-state index contributed by atoms with van der Waals surface area (Å²) >= 11 is 0. The van der Waals surface area contributed by atoms with Crippen LogP contribution in [0.1, 0.15) is 25.5 Å². The highest BCUT2D eigenvalue weighted by atomic mass is 19.1. The topological polar surface area (TPSA) is 47.6 Å². The summed E-state index contributed by atoms with van der Waals surface area (Å²) in [6.07, 6.45) is 0. The van der Waals surface area contributed by atoms with Crippen molar-refractivity contribution in [1.82, 2.24) is 5.32 Å². The van der Waals surface area contributed by atoms with Crippen molar-refractivity contribution in [1.29, 1.82) is 0 Å². The number of amides is 1. The van der Waals surface area contributed by atoms with Gasteiger partial charge in [-0.05, 0) is 47.9 Å². The van der Waals surface area contributed by atoms with Crippen molar-refractivity contribution in [2.75, 3.05) is 13.7 Å². The van der Waals surface area contributed by atoms with Crippen molar-refractivity contribution >= 4 is 5.91 Å². The molecule has 0 aliphatic rings. The Labute approximate surface area is 141 Å². The van der Waals surface area contributed by atoms with Crippen LogP contribution in [0.25, 0.3) is 0 Å². The van der Waals surface area contributed by atoms with Crippen molar-refractivity contribution in [3.63, 3.8) is 0 Å². The smallest absolute Gasteiger partial charge is 0.258 e. The van der Waals surface area contributed by atoms with Crippen LogP contribution in [0, 0.1) is 11.7 Å². The van der Waals surface area contributed by atoms with E-state index < -0.39 is 0 Å². The second-order valence-corrected chi connectivity index (χ2v) is 5.80. The van der Waals surface area contributed by atoms with E-state index in [-0.39, 0.29) is 30.3 Å². The molecule has 4 nitrogen and oxygen atoms in total. The standard InChI is InChI=1S/C19H22FNO3/c1-13(2)19(14-4-6-15(20)7-5-14)21-18(22)12-24-17-10-8-16(23-3)9-11-17/h4-11,13,19H,12H2,1-3H3,(H,21,22). The molecule has 0 saturated carbocycles. The molecule has 2 aromatic rings. The predicted octanol–water partition coefficient (Wildman–Crippen LogP) is 3.73. The minimum Gasteiger partial charge on any atom is -0.497 e. The Morgan fingerprint density at radius 3 is 2.17 bits per heavy atom. The van der Waals surface area contributed by atoms with Crippen LogP contribution in [-0.2, 0) is 4.79 Å². The molecule has 1 N–H and O–H groups in total. The molecule has 0 fully saturated rings. The van der Waals surface area contributed by atoms with Gasteiger partial charge in [-0.15, -0.1) is 0 Å². The molecule has 1 unspecified atom stereocenters. The van der Waals surface area contributed by atoms with Gasteiger partial charge in [-0.2, -0.15) is 0 Å². The molecular formula is C19H22FNO3. The van der Waals surface area contributed by atoms with Gasteiger partial charge in [-0.25, -0.2) is 4.39 Å². The fourth-order valence-electron chi connectivity index (χ4n) is 2.34. The van der Waals surface area contributed by atoms with Gasteiger partial charge in [0, 0.05) is 0 Å². The molecule has 2 rings (SSSR count). The summed E-state index contributed by atoms with van der Waals surface area (Å²) in [6.45, 7) is 3.91. The number of hydrogen-bond acceptors (Lipinski definition) is 3. The summed E-state index contributed by atoms with van der Waals surface area (Å²) in [5.74, 6) is 0.960. The van der Waals surface area contributed by atoms with Crippen molar-refractivity contribution in [2.45, 2.75) is 19.9 Å². The molecule has 0 spiro atoms. The number of carbonyl (C=O) groups excluding carboxylic acids is 1. The molecule has 2 aromatic carbocycles. The number of ether oxygens (including phenoxy) is 2. The number of carbonyl (C=O) groups is 1. The minimum absolute atomic E-state index is 0.0866. The first-order valence-electron chi connectivity index (χ1n) is 7.81. The van der Waals surface area contributed by atoms with Crippen LogP contribution >= 0.6 is 0 Å². The van der Waals surface area contributed by atoms with Gasteiger partial charge in [0.05, 0.1) is 13.2 Å². The maximum Gasteiger partial charge on any atom is 0.258 e. The van der Waals surface area contributed by atoms with E-state index in [9.17, 15) is 9.18 Å². The van der Waals surface area contributed by atoms with E-state index in [1.54, 1.807) is 43.5 Å². The lowest BCUT2D eigenvalue weighted by molar-refractivity contribution is -0.124. The van der Waals surface area contributed by atoms with E-state index >= 15 is 0 Å². The predicted molar refractivity (Wildman–Crippen MR) is 90.6 cm³/mol. The molecule has 0 aliphatic heterocycles. The van der Waals surface area contributed by atoms with Crippen molar-refractivity contribution in [3.8, 4) is 11.5 Å². The van der Waals surface area contributed by atoms with Crippen LogP contribution in [0.2, 0.25) is 0 Å². The van der Waals surface area contributed by atoms with Gasteiger partial charge in [-0.1, -0.05) is 26.0 Å². The SMILES string of the molecule is COc1ccc(OCC(=O)NC(c2ccc(F)cc2)C(C)C)cc1. The third-order valence-corrected chi connectivity index (χ3v) is 3.64. The van der Waals surface area contributed by atoms with E-state index in [4.69, 9.17) is 9.47 Å². The van der Waals surface area contributed by atoms with E-state index in [1.165, 1.54) is 12.1 Å². The zero-order chi connectivity index (χ0) is 17.5. The number of hydrogen-bond donors (Lipinski definition) is 1. The van der Waals surface area contributed by atoms with Crippen LogP contribution in [0.5, 0.6) is 11.5 Å². The van der Waals surface area contributed by atoms with Gasteiger partial charge < -0.3 is 14.8 Å². The third kappa shape index (κ3) is 4.98. The Balaban J connectivity index is 1.93. The van der Waals surface area contributed by atoms with Gasteiger partial charge in [0.1, 0.15) is 17.3 Å². The second-order valence-electron chi connectivity index (χ2n) is 5.80. The molecule has 1 amide bonds. The number of halogens is 1. The van der Waals surface area contributed by atoms with Gasteiger partial charge in [-0.3, -0.25) is 4.79 Å². The third-order valence-electron chi connectivity index (χ3n) is 3.64. The van der Waals surface area contributed by atoms with Crippen LogP contribution in [0.3, 0.4) is 0 Å². The summed E-state index contributed by atoms with van der Waals surface area (Å²) in [5, 5.41) is 2.93. The Morgan fingerprint density at radius 1 is 1.04 bits per heavy atom. The highest BCUT2D eigenvalue weighted by Crippen LogP contribution is 2.22. The lowest BCUT2D eigenvalue weighted by atomic mass is 9.96. The van der Waals surface area contributed by atoms with Gasteiger partial charge >= 0.3 is 0 Å². The van der Waals surface area contributed by atoms with Crippen LogP contribution in [0.15, 0.2) is 48.5 Å². The fourth-order valence-corrected chi connectivity index (χ4v) is 2.34. The summed E-state index contributed by atoms with van der Waals surface area (Å²) in [6, 6.07) is 13.0. The summed E-state index contributed by atoms with van der Waals surface area (Å²) in [7, 11) is 1.59. The number of benzene rings is 2. The van der Waals surface area contributed by atoms with E-state index in [0.717, 1.165) is 11.3 Å². The highest BCUT2D eigenvalue weighted by Gasteiger charge is 2.18. The largest absolute Gasteiger partial charge is 0.497 e. The summed E-state index contributed by atoms with van der Waals surface area (Å²) < 4.78 is 23.6. The van der Waals surface area contributed by atoms with Gasteiger partial charge in [0.2, 0.25) is 0 Å². The highest BCUT2D eigenvalue weighted by molar-refractivity contribution is 5.78. The minimum atomic E-state index is -0.296. The normalized spacial score (nSPS) is 11.9. The lowest BCUT2D eigenvalue weighted by Gasteiger charge is -2.23. The second kappa shape index (κ2) is 8.34. The fraction of sp³-hybridized carbons (Fsp3) is 0.316. The van der Waals surface area contributed by atoms with Crippen molar-refractivity contribution < 1.29 is 18.7 Å². The molecule has 0 aliphatic carbocycles. The Bertz CT molecular complexity index is 653. The Hall–Kier alpha value is -2.56. The Kier molecular flexibility index (Phi) is 6.18. The maximum absolute atomic E-state index is 13.1. The average Bonchev–Trinajstić information content (AvgIpc) is 2.59. The average molecular weight is 331 g/mol. The molecule has 0 bridgehead atoms. The molecule has 0 aromatic heterocycles. The molecule has 5 heteroatoms. The number of nitrogens with one attached hydrogen (secondary N) is 1. The van der Waals surface area contributed by atoms with Crippen molar-refractivity contribution in [3.05, 3.63) is 59.9 Å².